The Balaban J connectivity index is 2.47. The normalized spacial score (nSPS) is 11.7. The minimum atomic E-state index is -0.0561. The van der Waals surface area contributed by atoms with Crippen molar-refractivity contribution in [3.8, 4) is 0 Å². The van der Waals surface area contributed by atoms with Crippen LogP contribution >= 0.6 is 24.0 Å². The Kier molecular flexibility index (Phi) is 5.23. The Morgan fingerprint density at radius 2 is 1.52 bits per heavy atom. The Bertz CT molecular complexity index is 612. The molecule has 0 aliphatic rings. The lowest BCUT2D eigenvalue weighted by molar-refractivity contribution is 0.640. The summed E-state index contributed by atoms with van der Waals surface area (Å²) in [6, 6.07) is 19.2. The van der Waals surface area contributed by atoms with Gasteiger partial charge in [-0.3, -0.25) is 0 Å². The van der Waals surface area contributed by atoms with Gasteiger partial charge >= 0.3 is 0 Å². The van der Waals surface area contributed by atoms with Crippen LogP contribution < -0.4 is 0 Å². The van der Waals surface area contributed by atoms with Gasteiger partial charge < -0.3 is 0 Å². The number of hydrogen-bond donors (Lipinski definition) is 0. The summed E-state index contributed by atoms with van der Waals surface area (Å²) in [4.78, 5) is 0. The van der Waals surface area contributed by atoms with Crippen molar-refractivity contribution in [3.63, 3.8) is 0 Å². The highest BCUT2D eigenvalue weighted by Gasteiger charge is 2.26. The van der Waals surface area contributed by atoms with Crippen molar-refractivity contribution < 1.29 is 0 Å². The molecule has 0 saturated carbocycles. The summed E-state index contributed by atoms with van der Waals surface area (Å²) in [5, 5.41) is 0.505. The first-order chi connectivity index (χ1) is 9.93. The molecule has 0 atom stereocenters. The zero-order valence-corrected chi connectivity index (χ0v) is 14.7. The van der Waals surface area contributed by atoms with E-state index in [1.165, 1.54) is 16.7 Å². The SMILES string of the molecule is CC(C)SC(=S)c1ccccc1C(C)(C)c1ccccc1. The summed E-state index contributed by atoms with van der Waals surface area (Å²) in [7, 11) is 0. The monoisotopic (exact) mass is 314 g/mol. The molecule has 21 heavy (non-hydrogen) atoms. The molecule has 0 heterocycles. The van der Waals surface area contributed by atoms with E-state index in [-0.39, 0.29) is 5.41 Å². The molecule has 0 aromatic heterocycles. The van der Waals surface area contributed by atoms with E-state index in [4.69, 9.17) is 12.2 Å². The van der Waals surface area contributed by atoms with Gasteiger partial charge in [-0.05, 0) is 11.1 Å². The molecule has 2 rings (SSSR count). The van der Waals surface area contributed by atoms with Crippen LogP contribution in [0.15, 0.2) is 54.6 Å². The maximum Gasteiger partial charge on any atom is 0.0783 e. The molecule has 2 aromatic rings. The molecule has 0 amide bonds. The van der Waals surface area contributed by atoms with E-state index >= 15 is 0 Å². The smallest absolute Gasteiger partial charge is 0.0783 e. The van der Waals surface area contributed by atoms with E-state index in [1.807, 2.05) is 0 Å². The molecule has 0 nitrogen and oxygen atoms in total. The second-order valence-electron chi connectivity index (χ2n) is 5.99. The average molecular weight is 315 g/mol. The number of benzene rings is 2. The van der Waals surface area contributed by atoms with Crippen LogP contribution in [-0.2, 0) is 5.41 Å². The molecule has 2 heteroatoms. The first-order valence-corrected chi connectivity index (χ1v) is 8.57. The molecular weight excluding hydrogens is 292 g/mol. The summed E-state index contributed by atoms with van der Waals surface area (Å²) >= 11 is 7.43. The first-order valence-electron chi connectivity index (χ1n) is 7.29. The Labute approximate surface area is 138 Å². The van der Waals surface area contributed by atoms with Crippen LogP contribution in [0.3, 0.4) is 0 Å². The third kappa shape index (κ3) is 3.75. The van der Waals surface area contributed by atoms with Crippen LogP contribution in [-0.4, -0.2) is 9.45 Å². The third-order valence-electron chi connectivity index (χ3n) is 3.66. The van der Waals surface area contributed by atoms with E-state index in [2.05, 4.69) is 82.3 Å². The number of hydrogen-bond acceptors (Lipinski definition) is 2. The fraction of sp³-hybridized carbons (Fsp3) is 0.316. The zero-order valence-electron chi connectivity index (χ0n) is 13.1. The molecule has 0 saturated heterocycles. The van der Waals surface area contributed by atoms with Crippen LogP contribution in [0.1, 0.15) is 44.4 Å². The highest BCUT2D eigenvalue weighted by molar-refractivity contribution is 8.24. The van der Waals surface area contributed by atoms with E-state index in [9.17, 15) is 0 Å². The molecule has 0 aliphatic heterocycles. The molecule has 0 aliphatic carbocycles. The summed E-state index contributed by atoms with van der Waals surface area (Å²) < 4.78 is 0.990. The quantitative estimate of drug-likeness (QED) is 0.651. The fourth-order valence-electron chi connectivity index (χ4n) is 2.49. The van der Waals surface area contributed by atoms with Gasteiger partial charge in [0.25, 0.3) is 0 Å². The lowest BCUT2D eigenvalue weighted by Crippen LogP contribution is -2.22. The van der Waals surface area contributed by atoms with E-state index in [1.54, 1.807) is 11.8 Å². The minimum Gasteiger partial charge on any atom is -0.111 e. The predicted octanol–water partition coefficient (Wildman–Crippen LogP) is 5.83. The van der Waals surface area contributed by atoms with Crippen molar-refractivity contribution in [2.45, 2.75) is 38.4 Å². The molecule has 0 unspecified atom stereocenters. The predicted molar refractivity (Wildman–Crippen MR) is 99.4 cm³/mol. The lowest BCUT2D eigenvalue weighted by Gasteiger charge is -2.29. The highest BCUT2D eigenvalue weighted by Crippen LogP contribution is 2.35. The van der Waals surface area contributed by atoms with Gasteiger partial charge in [-0.15, -0.1) is 11.8 Å². The van der Waals surface area contributed by atoms with Crippen molar-refractivity contribution in [1.82, 2.24) is 0 Å². The van der Waals surface area contributed by atoms with E-state index in [0.717, 1.165) is 4.20 Å². The van der Waals surface area contributed by atoms with Gasteiger partial charge in [0.1, 0.15) is 0 Å². The van der Waals surface area contributed by atoms with Gasteiger partial charge in [0.15, 0.2) is 0 Å². The number of thiocarbonyl (C=S) groups is 1. The van der Waals surface area contributed by atoms with Crippen molar-refractivity contribution in [3.05, 3.63) is 71.3 Å². The second kappa shape index (κ2) is 6.76. The van der Waals surface area contributed by atoms with Crippen molar-refractivity contribution >= 4 is 28.2 Å². The molecule has 0 spiro atoms. The second-order valence-corrected chi connectivity index (χ2v) is 8.24. The molecule has 0 fully saturated rings. The standard InChI is InChI=1S/C19H22S2/c1-14(2)21-18(20)16-12-8-9-13-17(16)19(3,4)15-10-6-5-7-11-15/h5-14H,1-4H3. The molecule has 110 valence electrons. The van der Waals surface area contributed by atoms with E-state index in [0.29, 0.717) is 5.25 Å². The maximum atomic E-state index is 5.67. The van der Waals surface area contributed by atoms with Crippen LogP contribution in [0, 0.1) is 0 Å². The average Bonchev–Trinajstić information content (AvgIpc) is 2.47. The van der Waals surface area contributed by atoms with Crippen molar-refractivity contribution in [1.29, 1.82) is 0 Å². The highest BCUT2D eigenvalue weighted by atomic mass is 32.2. The van der Waals surface area contributed by atoms with Crippen LogP contribution in [0.5, 0.6) is 0 Å². The van der Waals surface area contributed by atoms with Crippen LogP contribution in [0.25, 0.3) is 0 Å². The lowest BCUT2D eigenvalue weighted by atomic mass is 9.76. The first kappa shape index (κ1) is 16.3. The van der Waals surface area contributed by atoms with E-state index < -0.39 is 0 Å². The Morgan fingerprint density at radius 1 is 0.952 bits per heavy atom. The third-order valence-corrected chi connectivity index (χ3v) is 5.07. The molecule has 2 aromatic carbocycles. The van der Waals surface area contributed by atoms with Crippen molar-refractivity contribution in [2.75, 3.05) is 0 Å². The summed E-state index contributed by atoms with van der Waals surface area (Å²) in [5.41, 5.74) is 3.75. The molecule has 0 radical (unpaired) electrons. The fourth-order valence-corrected chi connectivity index (χ4v) is 3.98. The van der Waals surface area contributed by atoms with Crippen molar-refractivity contribution in [2.24, 2.45) is 0 Å². The summed E-state index contributed by atoms with van der Waals surface area (Å²) in [6.45, 7) is 8.90. The van der Waals surface area contributed by atoms with Crippen LogP contribution in [0.2, 0.25) is 0 Å². The molecule has 0 N–H and O–H groups in total. The van der Waals surface area contributed by atoms with Crippen LogP contribution in [0.4, 0.5) is 0 Å². The van der Waals surface area contributed by atoms with Gasteiger partial charge in [-0.2, -0.15) is 0 Å². The Hall–Kier alpha value is -1.12. The minimum absolute atomic E-state index is 0.0561. The summed E-state index contributed by atoms with van der Waals surface area (Å²) in [6.07, 6.45) is 0. The van der Waals surface area contributed by atoms with Gasteiger partial charge in [-0.1, -0.05) is 94.5 Å². The summed E-state index contributed by atoms with van der Waals surface area (Å²) in [5.74, 6) is 0. The number of rotatable bonds is 4. The Morgan fingerprint density at radius 3 is 2.14 bits per heavy atom. The largest absolute Gasteiger partial charge is 0.111 e. The molecule has 0 bridgehead atoms. The zero-order chi connectivity index (χ0) is 15.5. The van der Waals surface area contributed by atoms with Gasteiger partial charge in [0.05, 0.1) is 4.20 Å². The van der Waals surface area contributed by atoms with Gasteiger partial charge in [0, 0.05) is 16.2 Å². The van der Waals surface area contributed by atoms with Gasteiger partial charge in [0.2, 0.25) is 0 Å². The maximum absolute atomic E-state index is 5.67. The van der Waals surface area contributed by atoms with Gasteiger partial charge in [-0.25, -0.2) is 0 Å². The number of thioether (sulfide) groups is 1. The topological polar surface area (TPSA) is 0 Å². The molecular formula is C19H22S2.